The summed E-state index contributed by atoms with van der Waals surface area (Å²) in [4.78, 5) is 0. The van der Waals surface area contributed by atoms with Crippen molar-refractivity contribution < 1.29 is 24.4 Å². The first-order valence-electron chi connectivity index (χ1n) is 21.3. The van der Waals surface area contributed by atoms with Gasteiger partial charge in [0.15, 0.2) is 22.3 Å². The molecule has 0 aromatic carbocycles. The van der Waals surface area contributed by atoms with Crippen LogP contribution in [0.25, 0.3) is 0 Å². The molecule has 1 aliphatic heterocycles. The molecule has 1 fully saturated rings. The molecule has 0 aliphatic carbocycles. The maximum Gasteiger partial charge on any atom is 0.160 e. The van der Waals surface area contributed by atoms with E-state index in [1.807, 2.05) is 0 Å². The monoisotopic (exact) mass is 729 g/mol. The third kappa shape index (κ3) is 27.0. The lowest BCUT2D eigenvalue weighted by atomic mass is 10.0. The Morgan fingerprint density at radius 1 is 0.551 bits per heavy atom. The number of thiocarbonyl (C=S) groups is 2. The second-order valence-corrected chi connectivity index (χ2v) is 15.8. The summed E-state index contributed by atoms with van der Waals surface area (Å²) in [7, 11) is 0. The van der Waals surface area contributed by atoms with E-state index in [4.69, 9.17) is 38.6 Å². The fourth-order valence-electron chi connectivity index (χ4n) is 6.99. The van der Waals surface area contributed by atoms with E-state index in [2.05, 4.69) is 13.8 Å². The maximum atomic E-state index is 10.9. The van der Waals surface area contributed by atoms with Crippen LogP contribution in [0.3, 0.4) is 0 Å². The molecule has 0 aromatic rings. The van der Waals surface area contributed by atoms with E-state index < -0.39 is 24.4 Å². The molecule has 0 unspecified atom stereocenters. The van der Waals surface area contributed by atoms with Gasteiger partial charge in [0.25, 0.3) is 0 Å². The Bertz CT molecular complexity index is 751. The highest BCUT2D eigenvalue weighted by atomic mass is 32.1. The quantitative estimate of drug-likeness (QED) is 0.0492. The van der Waals surface area contributed by atoms with Crippen LogP contribution in [0.2, 0.25) is 0 Å². The van der Waals surface area contributed by atoms with Gasteiger partial charge < -0.3 is 24.4 Å². The summed E-state index contributed by atoms with van der Waals surface area (Å²) in [5, 5.41) is 21.9. The zero-order valence-corrected chi connectivity index (χ0v) is 33.9. The Morgan fingerprint density at radius 3 is 1.22 bits per heavy atom. The lowest BCUT2D eigenvalue weighted by Crippen LogP contribution is -2.43. The summed E-state index contributed by atoms with van der Waals surface area (Å²) in [6.07, 6.45) is 38.5. The highest BCUT2D eigenvalue weighted by Crippen LogP contribution is 2.24. The van der Waals surface area contributed by atoms with Crippen molar-refractivity contribution in [3.05, 3.63) is 0 Å². The van der Waals surface area contributed by atoms with Gasteiger partial charge in [0.1, 0.15) is 12.2 Å². The van der Waals surface area contributed by atoms with Gasteiger partial charge in [-0.05, 0) is 37.3 Å². The number of hydrogen-bond donors (Lipinski definition) is 2. The first-order chi connectivity index (χ1) is 24.0. The van der Waals surface area contributed by atoms with Gasteiger partial charge in [-0.15, -0.1) is 0 Å². The molecule has 2 N–H and O–H groups in total. The van der Waals surface area contributed by atoms with Gasteiger partial charge in [-0.25, -0.2) is 0 Å². The van der Waals surface area contributed by atoms with E-state index >= 15 is 0 Å². The van der Waals surface area contributed by atoms with E-state index in [1.165, 1.54) is 167 Å². The summed E-state index contributed by atoms with van der Waals surface area (Å²) in [6, 6.07) is 0. The van der Waals surface area contributed by atoms with Gasteiger partial charge in [0.05, 0.1) is 13.2 Å². The smallest absolute Gasteiger partial charge is 0.160 e. The van der Waals surface area contributed by atoms with Crippen molar-refractivity contribution in [3.63, 3.8) is 0 Å². The molecule has 0 spiro atoms. The molecule has 1 rings (SSSR count). The average Bonchev–Trinajstić information content (AvgIpc) is 3.45. The summed E-state index contributed by atoms with van der Waals surface area (Å²) < 4.78 is 17.6. The predicted molar refractivity (Wildman–Crippen MR) is 217 cm³/mol. The van der Waals surface area contributed by atoms with E-state index in [-0.39, 0.29) is 13.2 Å². The van der Waals surface area contributed by atoms with Gasteiger partial charge in [-0.1, -0.05) is 194 Å². The normalized spacial score (nSPS) is 18.2. The zero-order chi connectivity index (χ0) is 35.6. The van der Waals surface area contributed by atoms with Crippen molar-refractivity contribution in [2.45, 2.75) is 244 Å². The van der Waals surface area contributed by atoms with Crippen LogP contribution in [0.1, 0.15) is 219 Å². The highest BCUT2D eigenvalue weighted by molar-refractivity contribution is 7.80. The summed E-state index contributed by atoms with van der Waals surface area (Å²) in [6.45, 7) is 4.52. The fraction of sp³-hybridized carbons (Fsp3) is 0.952. The molecule has 0 aromatic heterocycles. The van der Waals surface area contributed by atoms with Gasteiger partial charge in [-0.3, -0.25) is 0 Å². The van der Waals surface area contributed by atoms with E-state index in [9.17, 15) is 10.2 Å². The standard InChI is InChI=1S/C42H80O5S2/c1-3-5-7-9-11-13-15-17-19-21-23-25-27-29-31-33-39(48)46-37(35-43)42-41(44)38(36-45-42)47-40(49)34-32-30-28-26-24-22-20-18-16-14-12-10-8-6-4-2/h37-38,41-44H,3-36H2,1-2H3/t37-,38+,41-,42-/m1/s1. The van der Waals surface area contributed by atoms with Crippen LogP contribution in [0, 0.1) is 0 Å². The third-order valence-corrected chi connectivity index (χ3v) is 10.9. The van der Waals surface area contributed by atoms with Crippen LogP contribution in [0.4, 0.5) is 0 Å². The Morgan fingerprint density at radius 2 is 0.878 bits per heavy atom. The zero-order valence-electron chi connectivity index (χ0n) is 32.3. The number of hydrogen-bond acceptors (Lipinski definition) is 7. The van der Waals surface area contributed by atoms with Crippen molar-refractivity contribution in [1.29, 1.82) is 0 Å². The number of unbranched alkanes of at least 4 members (excludes halogenated alkanes) is 28. The molecule has 0 radical (unpaired) electrons. The van der Waals surface area contributed by atoms with Gasteiger partial charge in [0.2, 0.25) is 0 Å². The van der Waals surface area contributed by atoms with Crippen LogP contribution in [-0.4, -0.2) is 57.9 Å². The van der Waals surface area contributed by atoms with Gasteiger partial charge in [0, 0.05) is 12.8 Å². The summed E-state index contributed by atoms with van der Waals surface area (Å²) in [5.74, 6) is 0. The van der Waals surface area contributed by atoms with Crippen LogP contribution in [0.5, 0.6) is 0 Å². The lowest BCUT2D eigenvalue weighted by molar-refractivity contribution is -0.0615. The Labute approximate surface area is 314 Å². The molecule has 4 atom stereocenters. The number of ether oxygens (including phenoxy) is 3. The van der Waals surface area contributed by atoms with Crippen LogP contribution >= 0.6 is 24.4 Å². The van der Waals surface area contributed by atoms with Crippen molar-refractivity contribution in [3.8, 4) is 0 Å². The first kappa shape index (κ1) is 46.7. The summed E-state index contributed by atoms with van der Waals surface area (Å²) in [5.41, 5.74) is 0. The Hall–Kier alpha value is -0.340. The number of aliphatic hydroxyl groups is 2. The minimum atomic E-state index is -0.912. The molecule has 1 aliphatic rings. The Balaban J connectivity index is 2.02. The first-order valence-corrected chi connectivity index (χ1v) is 22.1. The van der Waals surface area contributed by atoms with Crippen molar-refractivity contribution >= 4 is 34.5 Å². The molecule has 1 saturated heterocycles. The Kier molecular flexibility index (Phi) is 33.1. The molecular formula is C42H80O5S2. The van der Waals surface area contributed by atoms with Crippen LogP contribution in [0.15, 0.2) is 0 Å². The van der Waals surface area contributed by atoms with Crippen LogP contribution in [-0.2, 0) is 14.2 Å². The molecule has 5 nitrogen and oxygen atoms in total. The minimum absolute atomic E-state index is 0.233. The van der Waals surface area contributed by atoms with Crippen molar-refractivity contribution in [1.82, 2.24) is 0 Å². The van der Waals surface area contributed by atoms with Crippen molar-refractivity contribution in [2.24, 2.45) is 0 Å². The highest BCUT2D eigenvalue weighted by Gasteiger charge is 2.43. The van der Waals surface area contributed by atoms with Crippen molar-refractivity contribution in [2.75, 3.05) is 13.2 Å². The largest absolute Gasteiger partial charge is 0.479 e. The molecule has 7 heteroatoms. The topological polar surface area (TPSA) is 68.2 Å². The molecule has 49 heavy (non-hydrogen) atoms. The third-order valence-electron chi connectivity index (χ3n) is 10.3. The average molecular weight is 729 g/mol. The summed E-state index contributed by atoms with van der Waals surface area (Å²) >= 11 is 11.0. The number of rotatable bonds is 36. The molecular weight excluding hydrogens is 649 g/mol. The fourth-order valence-corrected chi connectivity index (χ4v) is 7.53. The molecule has 0 amide bonds. The minimum Gasteiger partial charge on any atom is -0.479 e. The lowest BCUT2D eigenvalue weighted by Gasteiger charge is -2.26. The second-order valence-electron chi connectivity index (χ2n) is 14.9. The molecule has 1 heterocycles. The van der Waals surface area contributed by atoms with E-state index in [0.717, 1.165) is 32.1 Å². The predicted octanol–water partition coefficient (Wildman–Crippen LogP) is 12.7. The van der Waals surface area contributed by atoms with Gasteiger partial charge >= 0.3 is 0 Å². The van der Waals surface area contributed by atoms with Crippen LogP contribution < -0.4 is 0 Å². The second kappa shape index (κ2) is 34.7. The SMILES string of the molecule is CCCCCCCCCCCCCCCCCC(=S)O[C@H]1CO[C@H]([C@@H](CO)OC(=S)CCCCCCCCCCCCCCCCC)[C@@H]1O. The number of aliphatic hydroxyl groups excluding tert-OH is 2. The molecule has 0 bridgehead atoms. The van der Waals surface area contributed by atoms with E-state index in [1.54, 1.807) is 0 Å². The van der Waals surface area contributed by atoms with Gasteiger partial charge in [-0.2, -0.15) is 0 Å². The maximum absolute atomic E-state index is 10.9. The molecule has 0 saturated carbocycles. The molecule has 290 valence electrons. The van der Waals surface area contributed by atoms with E-state index in [0.29, 0.717) is 16.5 Å².